The molecule has 0 aliphatic heterocycles. The van der Waals surface area contributed by atoms with Crippen LogP contribution in [0.4, 0.5) is 5.82 Å². The predicted molar refractivity (Wildman–Crippen MR) is 136 cm³/mol. The van der Waals surface area contributed by atoms with Gasteiger partial charge in [-0.15, -0.1) is 0 Å². The second-order valence-electron chi connectivity index (χ2n) is 9.36. The van der Waals surface area contributed by atoms with E-state index in [1.807, 2.05) is 76.2 Å². The van der Waals surface area contributed by atoms with E-state index in [4.69, 9.17) is 9.72 Å². The SMILES string of the molecule is Cc1cccc2nc(CC(Nc3ncnc4nc[nH]c34)OC(C)(C)C)n(-c3ccccc3)c(=O)c12. The fourth-order valence-corrected chi connectivity index (χ4v) is 4.16. The lowest BCUT2D eigenvalue weighted by molar-refractivity contribution is -0.0471. The van der Waals surface area contributed by atoms with Crippen LogP contribution in [-0.2, 0) is 11.2 Å². The lowest BCUT2D eigenvalue weighted by Gasteiger charge is -2.29. The quantitative estimate of drug-likeness (QED) is 0.359. The molecule has 5 aromatic rings. The molecule has 35 heavy (non-hydrogen) atoms. The van der Waals surface area contributed by atoms with Crippen LogP contribution >= 0.6 is 0 Å². The Hall–Kier alpha value is -4.11. The number of nitrogens with zero attached hydrogens (tertiary/aromatic N) is 5. The number of aromatic amines is 1. The van der Waals surface area contributed by atoms with Crippen LogP contribution < -0.4 is 10.9 Å². The average molecular weight is 470 g/mol. The normalized spacial score (nSPS) is 12.8. The number of H-pyrrole nitrogens is 1. The van der Waals surface area contributed by atoms with Crippen molar-refractivity contribution in [1.29, 1.82) is 0 Å². The first kappa shape index (κ1) is 22.7. The smallest absolute Gasteiger partial charge is 0.266 e. The Morgan fingerprint density at radius 3 is 2.63 bits per heavy atom. The molecule has 0 spiro atoms. The Balaban J connectivity index is 1.64. The third-order valence-corrected chi connectivity index (χ3v) is 5.57. The minimum absolute atomic E-state index is 0.109. The summed E-state index contributed by atoms with van der Waals surface area (Å²) in [6.45, 7) is 7.87. The zero-order chi connectivity index (χ0) is 24.6. The van der Waals surface area contributed by atoms with E-state index < -0.39 is 11.8 Å². The average Bonchev–Trinajstić information content (AvgIpc) is 3.29. The summed E-state index contributed by atoms with van der Waals surface area (Å²) in [6.07, 6.45) is 2.80. The molecule has 0 amide bonds. The highest BCUT2D eigenvalue weighted by atomic mass is 16.5. The van der Waals surface area contributed by atoms with E-state index in [-0.39, 0.29) is 5.56 Å². The third kappa shape index (κ3) is 4.63. The molecular weight excluding hydrogens is 442 g/mol. The van der Waals surface area contributed by atoms with Gasteiger partial charge in [0.05, 0.1) is 34.9 Å². The monoisotopic (exact) mass is 469 g/mol. The summed E-state index contributed by atoms with van der Waals surface area (Å²) in [6, 6.07) is 15.3. The fraction of sp³-hybridized carbons (Fsp3) is 0.269. The second-order valence-corrected chi connectivity index (χ2v) is 9.36. The number of nitrogens with one attached hydrogen (secondary N) is 2. The van der Waals surface area contributed by atoms with Crippen molar-refractivity contribution in [2.75, 3.05) is 5.32 Å². The first-order valence-corrected chi connectivity index (χ1v) is 11.5. The highest BCUT2D eigenvalue weighted by Crippen LogP contribution is 2.22. The number of fused-ring (bicyclic) bond motifs is 2. The summed E-state index contributed by atoms with van der Waals surface area (Å²) in [5, 5.41) is 3.98. The first-order chi connectivity index (χ1) is 16.8. The number of para-hydroxylation sites is 1. The van der Waals surface area contributed by atoms with Crippen LogP contribution in [-0.4, -0.2) is 41.3 Å². The van der Waals surface area contributed by atoms with Crippen LogP contribution in [0.2, 0.25) is 0 Å². The highest BCUT2D eigenvalue weighted by Gasteiger charge is 2.24. The largest absolute Gasteiger partial charge is 0.352 e. The van der Waals surface area contributed by atoms with Crippen molar-refractivity contribution in [3.63, 3.8) is 0 Å². The molecule has 9 heteroatoms. The molecule has 3 aromatic heterocycles. The predicted octanol–water partition coefficient (Wildman–Crippen LogP) is 4.16. The number of imidazole rings is 1. The molecule has 3 heterocycles. The summed E-state index contributed by atoms with van der Waals surface area (Å²) in [7, 11) is 0. The van der Waals surface area contributed by atoms with Crippen molar-refractivity contribution < 1.29 is 4.74 Å². The maximum absolute atomic E-state index is 13.8. The number of aryl methyl sites for hydroxylation is 1. The van der Waals surface area contributed by atoms with Crippen LogP contribution in [0.15, 0.2) is 66.0 Å². The lowest BCUT2D eigenvalue weighted by Crippen LogP contribution is -2.37. The molecule has 2 aromatic carbocycles. The van der Waals surface area contributed by atoms with Gasteiger partial charge in [-0.25, -0.2) is 19.9 Å². The molecule has 9 nitrogen and oxygen atoms in total. The van der Waals surface area contributed by atoms with Gasteiger partial charge in [-0.1, -0.05) is 30.3 Å². The van der Waals surface area contributed by atoms with E-state index in [1.165, 1.54) is 6.33 Å². The number of aromatic nitrogens is 6. The van der Waals surface area contributed by atoms with Crippen molar-refractivity contribution in [2.45, 2.75) is 45.9 Å². The molecule has 2 N–H and O–H groups in total. The summed E-state index contributed by atoms with van der Waals surface area (Å²) < 4.78 is 8.04. The molecule has 0 saturated heterocycles. The van der Waals surface area contributed by atoms with E-state index in [9.17, 15) is 4.79 Å². The molecule has 0 fully saturated rings. The Morgan fingerprint density at radius 1 is 1.06 bits per heavy atom. The molecule has 0 bridgehead atoms. The number of hydrogen-bond acceptors (Lipinski definition) is 7. The molecule has 0 radical (unpaired) electrons. The standard InChI is InChI=1S/C26H27N7O2/c1-16-9-8-12-18-21(16)25(34)33(17-10-6-5-7-11-17)19(31-18)13-20(35-26(2,3)4)32-24-22-23(28-14-27-22)29-15-30-24/h5-12,14-15,20H,13H2,1-4H3,(H2,27,28,29,30,32). The molecule has 0 saturated carbocycles. The van der Waals surface area contributed by atoms with Crippen molar-refractivity contribution in [3.8, 4) is 5.69 Å². The summed E-state index contributed by atoms with van der Waals surface area (Å²) in [5.41, 5.74) is 2.95. The Morgan fingerprint density at radius 2 is 1.86 bits per heavy atom. The Kier molecular flexibility index (Phi) is 5.78. The van der Waals surface area contributed by atoms with Crippen LogP contribution in [0.1, 0.15) is 32.2 Å². The molecular formula is C26H27N7O2. The zero-order valence-corrected chi connectivity index (χ0v) is 20.1. The minimum Gasteiger partial charge on any atom is -0.352 e. The van der Waals surface area contributed by atoms with Gasteiger partial charge in [0.1, 0.15) is 23.9 Å². The second kappa shape index (κ2) is 8.92. The van der Waals surface area contributed by atoms with E-state index in [1.54, 1.807) is 10.9 Å². The van der Waals surface area contributed by atoms with Crippen LogP contribution in [0.3, 0.4) is 0 Å². The van der Waals surface area contributed by atoms with E-state index in [0.29, 0.717) is 40.1 Å². The molecule has 0 aliphatic carbocycles. The van der Waals surface area contributed by atoms with Gasteiger partial charge in [0.15, 0.2) is 11.5 Å². The van der Waals surface area contributed by atoms with E-state index in [0.717, 1.165) is 11.3 Å². The Bertz CT molecular complexity index is 1550. The van der Waals surface area contributed by atoms with Gasteiger partial charge >= 0.3 is 0 Å². The number of rotatable bonds is 6. The fourth-order valence-electron chi connectivity index (χ4n) is 4.16. The van der Waals surface area contributed by atoms with Crippen molar-refractivity contribution in [3.05, 3.63) is 82.9 Å². The molecule has 5 rings (SSSR count). The van der Waals surface area contributed by atoms with Crippen LogP contribution in [0.25, 0.3) is 27.8 Å². The van der Waals surface area contributed by atoms with Gasteiger partial charge < -0.3 is 15.0 Å². The van der Waals surface area contributed by atoms with Gasteiger partial charge in [-0.05, 0) is 51.5 Å². The van der Waals surface area contributed by atoms with Crippen molar-refractivity contribution >= 4 is 27.9 Å². The summed E-state index contributed by atoms with van der Waals surface area (Å²) in [5.74, 6) is 1.14. The van der Waals surface area contributed by atoms with Crippen molar-refractivity contribution in [2.24, 2.45) is 0 Å². The molecule has 0 aliphatic rings. The Labute approximate surface area is 202 Å². The van der Waals surface area contributed by atoms with Gasteiger partial charge in [0.2, 0.25) is 0 Å². The van der Waals surface area contributed by atoms with Crippen LogP contribution in [0.5, 0.6) is 0 Å². The van der Waals surface area contributed by atoms with Crippen LogP contribution in [0, 0.1) is 6.92 Å². The third-order valence-electron chi connectivity index (χ3n) is 5.57. The molecule has 1 unspecified atom stereocenters. The first-order valence-electron chi connectivity index (χ1n) is 11.5. The topological polar surface area (TPSA) is 111 Å². The highest BCUT2D eigenvalue weighted by molar-refractivity contribution is 5.82. The van der Waals surface area contributed by atoms with E-state index in [2.05, 4.69) is 25.3 Å². The van der Waals surface area contributed by atoms with Gasteiger partial charge in [-0.2, -0.15) is 0 Å². The number of hydrogen-bond donors (Lipinski definition) is 2. The number of ether oxygens (including phenoxy) is 1. The summed E-state index contributed by atoms with van der Waals surface area (Å²) in [4.78, 5) is 34.5. The van der Waals surface area contributed by atoms with Gasteiger partial charge in [0.25, 0.3) is 5.56 Å². The lowest BCUT2D eigenvalue weighted by atomic mass is 10.1. The maximum atomic E-state index is 13.8. The van der Waals surface area contributed by atoms with Crippen molar-refractivity contribution in [1.82, 2.24) is 29.5 Å². The minimum atomic E-state index is -0.541. The van der Waals surface area contributed by atoms with Gasteiger partial charge in [0, 0.05) is 0 Å². The molecule has 1 atom stereocenters. The molecule has 178 valence electrons. The number of benzene rings is 2. The zero-order valence-electron chi connectivity index (χ0n) is 20.1. The number of anilines is 1. The van der Waals surface area contributed by atoms with E-state index >= 15 is 0 Å². The van der Waals surface area contributed by atoms with Gasteiger partial charge in [-0.3, -0.25) is 9.36 Å². The maximum Gasteiger partial charge on any atom is 0.266 e. The summed E-state index contributed by atoms with van der Waals surface area (Å²) >= 11 is 0.